The summed E-state index contributed by atoms with van der Waals surface area (Å²) in [6, 6.07) is 0. The lowest BCUT2D eigenvalue weighted by atomic mass is 10.2. The van der Waals surface area contributed by atoms with Crippen molar-refractivity contribution in [1.82, 2.24) is 25.1 Å². The van der Waals surface area contributed by atoms with E-state index >= 15 is 0 Å². The Kier molecular flexibility index (Phi) is 5.39. The van der Waals surface area contributed by atoms with Crippen LogP contribution in [-0.4, -0.2) is 67.8 Å². The van der Waals surface area contributed by atoms with E-state index in [2.05, 4.69) is 20.2 Å². The first kappa shape index (κ1) is 17.5. The van der Waals surface area contributed by atoms with Gasteiger partial charge in [-0.2, -0.15) is 5.10 Å². The van der Waals surface area contributed by atoms with E-state index in [1.165, 1.54) is 17.7 Å². The molecule has 0 spiro atoms. The van der Waals surface area contributed by atoms with E-state index in [1.807, 2.05) is 0 Å². The normalized spacial score (nSPS) is 16.9. The molecule has 0 radical (unpaired) electrons. The fourth-order valence-corrected chi connectivity index (χ4v) is 3.67. The van der Waals surface area contributed by atoms with Gasteiger partial charge in [0.1, 0.15) is 11.2 Å². The Balaban J connectivity index is 1.79. The van der Waals surface area contributed by atoms with Crippen molar-refractivity contribution in [2.75, 3.05) is 19.7 Å². The number of carboxylic acid groups (broad SMARTS) is 1. The van der Waals surface area contributed by atoms with Gasteiger partial charge >= 0.3 is 5.97 Å². The summed E-state index contributed by atoms with van der Waals surface area (Å²) in [5, 5.41) is 16.1. The molecule has 9 nitrogen and oxygen atoms in total. The largest absolute Gasteiger partial charge is 0.481 e. The first-order valence-corrected chi connectivity index (χ1v) is 8.82. The molecule has 3 heterocycles. The van der Waals surface area contributed by atoms with E-state index in [-0.39, 0.29) is 25.0 Å². The van der Waals surface area contributed by atoms with Crippen molar-refractivity contribution < 1.29 is 19.4 Å². The molecular formula is C15H19N5O4S. The van der Waals surface area contributed by atoms with Crippen LogP contribution in [0.3, 0.4) is 0 Å². The molecule has 0 saturated carbocycles. The fourth-order valence-electron chi connectivity index (χ4n) is 2.69. The van der Waals surface area contributed by atoms with E-state index in [9.17, 15) is 9.59 Å². The summed E-state index contributed by atoms with van der Waals surface area (Å²) < 4.78 is 5.59. The molecule has 2 aromatic heterocycles. The SMILES string of the molecule is Cc1nc(-c2ncn[nH]2)sc1C(=O)N(CCC(=O)O)C[C@H]1CCCO1. The highest BCUT2D eigenvalue weighted by Crippen LogP contribution is 2.27. The van der Waals surface area contributed by atoms with Gasteiger partial charge in [0, 0.05) is 19.7 Å². The Morgan fingerprint density at radius 3 is 3.00 bits per heavy atom. The quantitative estimate of drug-likeness (QED) is 0.759. The van der Waals surface area contributed by atoms with Crippen LogP contribution in [0.1, 0.15) is 34.6 Å². The highest BCUT2D eigenvalue weighted by atomic mass is 32.1. The maximum absolute atomic E-state index is 13.0. The molecule has 25 heavy (non-hydrogen) atoms. The topological polar surface area (TPSA) is 121 Å². The van der Waals surface area contributed by atoms with Crippen LogP contribution in [0.15, 0.2) is 6.33 Å². The molecule has 10 heteroatoms. The van der Waals surface area contributed by atoms with Gasteiger partial charge in [-0.1, -0.05) is 0 Å². The van der Waals surface area contributed by atoms with Gasteiger partial charge in [0.05, 0.1) is 18.2 Å². The van der Waals surface area contributed by atoms with Gasteiger partial charge in [-0.3, -0.25) is 14.7 Å². The maximum atomic E-state index is 13.0. The van der Waals surface area contributed by atoms with Gasteiger partial charge in [-0.05, 0) is 19.8 Å². The van der Waals surface area contributed by atoms with Gasteiger partial charge in [-0.25, -0.2) is 9.97 Å². The Labute approximate surface area is 148 Å². The first-order chi connectivity index (χ1) is 12.0. The molecule has 2 N–H and O–H groups in total. The van der Waals surface area contributed by atoms with E-state index in [1.54, 1.807) is 11.8 Å². The van der Waals surface area contributed by atoms with E-state index in [0.717, 1.165) is 12.8 Å². The molecule has 0 aromatic carbocycles. The number of aliphatic carboxylic acids is 1. The minimum Gasteiger partial charge on any atom is -0.481 e. The zero-order valence-corrected chi connectivity index (χ0v) is 14.6. The lowest BCUT2D eigenvalue weighted by molar-refractivity contribution is -0.137. The zero-order chi connectivity index (χ0) is 17.8. The highest BCUT2D eigenvalue weighted by Gasteiger charge is 2.27. The average Bonchev–Trinajstić information content (AvgIpc) is 3.31. The van der Waals surface area contributed by atoms with E-state index < -0.39 is 5.97 Å². The molecule has 134 valence electrons. The van der Waals surface area contributed by atoms with Crippen LogP contribution in [0.25, 0.3) is 10.8 Å². The summed E-state index contributed by atoms with van der Waals surface area (Å²) in [6.07, 6.45) is 3.07. The number of H-pyrrole nitrogens is 1. The summed E-state index contributed by atoms with van der Waals surface area (Å²) in [4.78, 5) is 34.3. The fraction of sp³-hybridized carbons (Fsp3) is 0.533. The second-order valence-corrected chi connectivity index (χ2v) is 6.80. The lowest BCUT2D eigenvalue weighted by Crippen LogP contribution is -2.38. The number of thiazole rings is 1. The molecular weight excluding hydrogens is 346 g/mol. The van der Waals surface area contributed by atoms with Crippen molar-refractivity contribution in [2.24, 2.45) is 0 Å². The number of hydrogen-bond donors (Lipinski definition) is 2. The first-order valence-electron chi connectivity index (χ1n) is 8.00. The third-order valence-corrected chi connectivity index (χ3v) is 5.09. The monoisotopic (exact) mass is 365 g/mol. The smallest absolute Gasteiger partial charge is 0.305 e. The molecule has 1 atom stereocenters. The minimum absolute atomic E-state index is 0.0419. The Hall–Kier alpha value is -2.33. The van der Waals surface area contributed by atoms with Gasteiger partial charge in [0.25, 0.3) is 5.91 Å². The number of carboxylic acids is 1. The van der Waals surface area contributed by atoms with Gasteiger partial charge in [-0.15, -0.1) is 11.3 Å². The summed E-state index contributed by atoms with van der Waals surface area (Å²) >= 11 is 1.22. The number of ether oxygens (including phenoxy) is 1. The molecule has 1 aliphatic heterocycles. The van der Waals surface area contributed by atoms with Crippen LogP contribution in [0.4, 0.5) is 0 Å². The predicted octanol–water partition coefficient (Wildman–Crippen LogP) is 1.33. The second-order valence-electron chi connectivity index (χ2n) is 5.80. The molecule has 0 bridgehead atoms. The molecule has 1 fully saturated rings. The van der Waals surface area contributed by atoms with Gasteiger partial charge in [0.15, 0.2) is 10.8 Å². The van der Waals surface area contributed by atoms with E-state index in [4.69, 9.17) is 9.84 Å². The van der Waals surface area contributed by atoms with Gasteiger partial charge in [0.2, 0.25) is 0 Å². The minimum atomic E-state index is -0.937. The number of hydrogen-bond acceptors (Lipinski definition) is 7. The van der Waals surface area contributed by atoms with Crippen LogP contribution in [-0.2, 0) is 9.53 Å². The molecule has 0 aliphatic carbocycles. The molecule has 0 unspecified atom stereocenters. The predicted molar refractivity (Wildman–Crippen MR) is 89.4 cm³/mol. The van der Waals surface area contributed by atoms with Crippen LogP contribution in [0, 0.1) is 6.92 Å². The number of rotatable bonds is 7. The van der Waals surface area contributed by atoms with Crippen LogP contribution < -0.4 is 0 Å². The standard InChI is InChI=1S/C15H19N5O4S/c1-9-12(25-14(18-9)13-16-8-17-19-13)15(23)20(5-4-11(21)22)7-10-3-2-6-24-10/h8,10H,2-7H2,1H3,(H,21,22)(H,16,17,19)/t10-/m1/s1. The summed E-state index contributed by atoms with van der Waals surface area (Å²) in [5.74, 6) is -0.658. The number of nitrogens with one attached hydrogen (secondary N) is 1. The molecule has 3 rings (SSSR count). The zero-order valence-electron chi connectivity index (χ0n) is 13.8. The molecule has 1 saturated heterocycles. The molecule has 2 aromatic rings. The Bertz CT molecular complexity index is 739. The van der Waals surface area contributed by atoms with Crippen molar-refractivity contribution in [3.8, 4) is 10.8 Å². The Morgan fingerprint density at radius 1 is 1.52 bits per heavy atom. The van der Waals surface area contributed by atoms with Crippen LogP contribution >= 0.6 is 11.3 Å². The van der Waals surface area contributed by atoms with E-state index in [0.29, 0.717) is 34.6 Å². The summed E-state index contributed by atoms with van der Waals surface area (Å²) in [6.45, 7) is 2.97. The molecule has 1 amide bonds. The van der Waals surface area contributed by atoms with Crippen molar-refractivity contribution in [3.63, 3.8) is 0 Å². The number of carbonyl (C=O) groups is 2. The van der Waals surface area contributed by atoms with Crippen molar-refractivity contribution in [2.45, 2.75) is 32.3 Å². The number of aromatic nitrogens is 4. The second kappa shape index (κ2) is 7.70. The van der Waals surface area contributed by atoms with Crippen molar-refractivity contribution in [1.29, 1.82) is 0 Å². The number of nitrogens with zero attached hydrogens (tertiary/aromatic N) is 4. The number of carbonyl (C=O) groups excluding carboxylic acids is 1. The maximum Gasteiger partial charge on any atom is 0.305 e. The van der Waals surface area contributed by atoms with Crippen molar-refractivity contribution >= 4 is 23.2 Å². The number of aromatic amines is 1. The number of amides is 1. The van der Waals surface area contributed by atoms with Crippen LogP contribution in [0.2, 0.25) is 0 Å². The third-order valence-electron chi connectivity index (χ3n) is 3.94. The highest BCUT2D eigenvalue weighted by molar-refractivity contribution is 7.17. The van der Waals surface area contributed by atoms with Crippen molar-refractivity contribution in [3.05, 3.63) is 16.9 Å². The van der Waals surface area contributed by atoms with Gasteiger partial charge < -0.3 is 14.7 Å². The molecule has 1 aliphatic rings. The third kappa shape index (κ3) is 4.20. The number of aryl methyl sites for hydroxylation is 1. The summed E-state index contributed by atoms with van der Waals surface area (Å²) in [7, 11) is 0. The summed E-state index contributed by atoms with van der Waals surface area (Å²) in [5.41, 5.74) is 0.592. The lowest BCUT2D eigenvalue weighted by Gasteiger charge is -2.24. The van der Waals surface area contributed by atoms with Crippen LogP contribution in [0.5, 0.6) is 0 Å². The average molecular weight is 365 g/mol. The Morgan fingerprint density at radius 2 is 2.36 bits per heavy atom.